The van der Waals surface area contributed by atoms with Gasteiger partial charge in [-0.2, -0.15) is 0 Å². The van der Waals surface area contributed by atoms with Crippen LogP contribution in [0.15, 0.2) is 29.8 Å². The maximum atomic E-state index is 5.54. The van der Waals surface area contributed by atoms with E-state index in [1.807, 2.05) is 0 Å². The molecular formula is C13H17N. The first-order valence-electron chi connectivity index (χ1n) is 5.27. The summed E-state index contributed by atoms with van der Waals surface area (Å²) in [4.78, 5) is 0. The molecule has 0 aromatic heterocycles. The van der Waals surface area contributed by atoms with Gasteiger partial charge in [0.05, 0.1) is 0 Å². The van der Waals surface area contributed by atoms with E-state index in [1.54, 1.807) is 0 Å². The van der Waals surface area contributed by atoms with Crippen molar-refractivity contribution < 1.29 is 0 Å². The highest BCUT2D eigenvalue weighted by atomic mass is 14.5. The highest BCUT2D eigenvalue weighted by Gasteiger charge is 2.22. The van der Waals surface area contributed by atoms with Gasteiger partial charge in [0, 0.05) is 6.54 Å². The van der Waals surface area contributed by atoms with Crippen molar-refractivity contribution in [1.29, 1.82) is 0 Å². The fourth-order valence-corrected chi connectivity index (χ4v) is 1.62. The van der Waals surface area contributed by atoms with Crippen molar-refractivity contribution in [2.24, 2.45) is 5.73 Å². The van der Waals surface area contributed by atoms with Crippen molar-refractivity contribution in [2.45, 2.75) is 25.7 Å². The van der Waals surface area contributed by atoms with E-state index in [0.717, 1.165) is 5.92 Å². The Kier molecular flexibility index (Phi) is 2.69. The smallest absolute Gasteiger partial charge is 0.0137 e. The first-order chi connectivity index (χ1) is 6.79. The van der Waals surface area contributed by atoms with Gasteiger partial charge >= 0.3 is 0 Å². The minimum absolute atomic E-state index is 0.643. The Balaban J connectivity index is 2.13. The quantitative estimate of drug-likeness (QED) is 0.773. The van der Waals surface area contributed by atoms with E-state index in [-0.39, 0.29) is 0 Å². The van der Waals surface area contributed by atoms with E-state index in [2.05, 4.69) is 37.3 Å². The average molecular weight is 187 g/mol. The van der Waals surface area contributed by atoms with Crippen LogP contribution >= 0.6 is 0 Å². The molecule has 0 spiro atoms. The van der Waals surface area contributed by atoms with Crippen LogP contribution in [0.3, 0.4) is 0 Å². The van der Waals surface area contributed by atoms with E-state index >= 15 is 0 Å². The summed E-state index contributed by atoms with van der Waals surface area (Å²) < 4.78 is 0. The van der Waals surface area contributed by atoms with Crippen LogP contribution in [-0.2, 0) is 0 Å². The van der Waals surface area contributed by atoms with E-state index in [9.17, 15) is 0 Å². The van der Waals surface area contributed by atoms with Crippen LogP contribution < -0.4 is 5.73 Å². The molecule has 1 aromatic carbocycles. The van der Waals surface area contributed by atoms with Crippen molar-refractivity contribution in [3.8, 4) is 0 Å². The van der Waals surface area contributed by atoms with Crippen molar-refractivity contribution in [1.82, 2.24) is 0 Å². The molecule has 0 atom stereocenters. The summed E-state index contributed by atoms with van der Waals surface area (Å²) in [7, 11) is 0. The van der Waals surface area contributed by atoms with Crippen molar-refractivity contribution >= 4 is 6.08 Å². The second kappa shape index (κ2) is 3.97. The van der Waals surface area contributed by atoms with Gasteiger partial charge in [-0.1, -0.05) is 35.9 Å². The molecule has 0 radical (unpaired) electrons. The van der Waals surface area contributed by atoms with Crippen LogP contribution in [0.4, 0.5) is 0 Å². The third-order valence-electron chi connectivity index (χ3n) is 2.72. The normalized spacial score (nSPS) is 17.1. The fourth-order valence-electron chi connectivity index (χ4n) is 1.62. The molecule has 1 aromatic rings. The van der Waals surface area contributed by atoms with Crippen LogP contribution in [0, 0.1) is 0 Å². The molecule has 0 heterocycles. The minimum Gasteiger partial charge on any atom is -0.327 e. The molecule has 0 bridgehead atoms. The molecular weight excluding hydrogens is 170 g/mol. The Morgan fingerprint density at radius 1 is 1.36 bits per heavy atom. The lowest BCUT2D eigenvalue weighted by Crippen LogP contribution is -1.99. The number of nitrogens with two attached hydrogens (primary N) is 1. The van der Waals surface area contributed by atoms with Gasteiger partial charge in [0.2, 0.25) is 0 Å². The zero-order valence-corrected chi connectivity index (χ0v) is 8.66. The maximum absolute atomic E-state index is 5.54. The van der Waals surface area contributed by atoms with Gasteiger partial charge in [-0.3, -0.25) is 0 Å². The number of hydrogen-bond donors (Lipinski definition) is 1. The molecule has 0 aliphatic heterocycles. The number of hydrogen-bond acceptors (Lipinski definition) is 1. The second-order valence-electron chi connectivity index (χ2n) is 4.14. The zero-order valence-electron chi connectivity index (χ0n) is 8.66. The summed E-state index contributed by atoms with van der Waals surface area (Å²) in [5.41, 5.74) is 9.52. The molecule has 0 saturated heterocycles. The second-order valence-corrected chi connectivity index (χ2v) is 4.14. The molecule has 2 N–H and O–H groups in total. The minimum atomic E-state index is 0.643. The molecule has 74 valence electrons. The van der Waals surface area contributed by atoms with Gasteiger partial charge in [0.25, 0.3) is 0 Å². The maximum Gasteiger partial charge on any atom is 0.0137 e. The van der Waals surface area contributed by atoms with Gasteiger partial charge < -0.3 is 5.73 Å². The predicted octanol–water partition coefficient (Wildman–Crippen LogP) is 2.93. The first kappa shape index (κ1) is 9.47. The van der Waals surface area contributed by atoms with Crippen LogP contribution in [0.2, 0.25) is 0 Å². The molecule has 14 heavy (non-hydrogen) atoms. The van der Waals surface area contributed by atoms with Crippen molar-refractivity contribution in [3.63, 3.8) is 0 Å². The van der Waals surface area contributed by atoms with E-state index in [1.165, 1.54) is 29.5 Å². The Bertz CT molecular complexity index is 331. The molecule has 1 aliphatic rings. The molecule has 1 nitrogen and oxygen atoms in total. The lowest BCUT2D eigenvalue weighted by Gasteiger charge is -2.00. The van der Waals surface area contributed by atoms with Crippen LogP contribution in [0.25, 0.3) is 6.08 Å². The highest BCUT2D eigenvalue weighted by molar-refractivity contribution is 5.53. The van der Waals surface area contributed by atoms with Crippen LogP contribution in [0.5, 0.6) is 0 Å². The summed E-state index contributed by atoms with van der Waals surface area (Å²) in [6.07, 6.45) is 4.89. The monoisotopic (exact) mass is 187 g/mol. The van der Waals surface area contributed by atoms with E-state index in [4.69, 9.17) is 5.73 Å². The molecule has 1 fully saturated rings. The zero-order chi connectivity index (χ0) is 9.97. The Labute approximate surface area is 85.6 Å². The van der Waals surface area contributed by atoms with E-state index < -0.39 is 0 Å². The fraction of sp³-hybridized carbons (Fsp3) is 0.385. The summed E-state index contributed by atoms with van der Waals surface area (Å²) in [6.45, 7) is 2.71. The van der Waals surface area contributed by atoms with Gasteiger partial charge in [0.15, 0.2) is 0 Å². The summed E-state index contributed by atoms with van der Waals surface area (Å²) in [5.74, 6) is 0.851. The molecule has 1 heteroatoms. The Morgan fingerprint density at radius 3 is 2.50 bits per heavy atom. The molecule has 0 unspecified atom stereocenters. The van der Waals surface area contributed by atoms with Gasteiger partial charge in [-0.25, -0.2) is 0 Å². The lowest BCUT2D eigenvalue weighted by atomic mass is 10.1. The third-order valence-corrected chi connectivity index (χ3v) is 2.72. The number of rotatable bonds is 3. The van der Waals surface area contributed by atoms with Crippen LogP contribution in [0.1, 0.15) is 36.8 Å². The van der Waals surface area contributed by atoms with Gasteiger partial charge in [0.1, 0.15) is 0 Å². The van der Waals surface area contributed by atoms with Gasteiger partial charge in [-0.15, -0.1) is 0 Å². The number of benzene rings is 1. The average Bonchev–Trinajstić information content (AvgIpc) is 3.02. The molecule has 1 saturated carbocycles. The standard InChI is InChI=1S/C13H17N/c1-10(9-14)8-11-2-4-12(5-3-11)13-6-7-13/h2-5,8,13H,6-7,9,14H2,1H3. The summed E-state index contributed by atoms with van der Waals surface area (Å²) in [6, 6.07) is 8.86. The van der Waals surface area contributed by atoms with Crippen molar-refractivity contribution in [2.75, 3.05) is 6.54 Å². The van der Waals surface area contributed by atoms with Crippen molar-refractivity contribution in [3.05, 3.63) is 41.0 Å². The molecule has 2 rings (SSSR count). The largest absolute Gasteiger partial charge is 0.327 e. The lowest BCUT2D eigenvalue weighted by molar-refractivity contribution is 1.13. The highest BCUT2D eigenvalue weighted by Crippen LogP contribution is 2.39. The topological polar surface area (TPSA) is 26.0 Å². The molecule has 1 aliphatic carbocycles. The third kappa shape index (κ3) is 2.24. The van der Waals surface area contributed by atoms with Crippen LogP contribution in [-0.4, -0.2) is 6.54 Å². The Morgan fingerprint density at radius 2 is 2.00 bits per heavy atom. The summed E-state index contributed by atoms with van der Waals surface area (Å²) in [5, 5.41) is 0. The molecule has 0 amide bonds. The van der Waals surface area contributed by atoms with E-state index in [0.29, 0.717) is 6.54 Å². The SMILES string of the molecule is CC(=Cc1ccc(C2CC2)cc1)CN. The predicted molar refractivity (Wildman–Crippen MR) is 61.1 cm³/mol. The van der Waals surface area contributed by atoms with Gasteiger partial charge in [-0.05, 0) is 36.8 Å². The summed E-state index contributed by atoms with van der Waals surface area (Å²) >= 11 is 0. The Hall–Kier alpha value is -1.08. The first-order valence-corrected chi connectivity index (χ1v) is 5.27.